The molecule has 186 valence electrons. The largest absolute Gasteiger partial charge is 0.469 e. The van der Waals surface area contributed by atoms with Gasteiger partial charge in [0.25, 0.3) is 0 Å². The van der Waals surface area contributed by atoms with Crippen LogP contribution in [0, 0.1) is 46.3 Å². The fourth-order valence-electron chi connectivity index (χ4n) is 9.01. The third-order valence-corrected chi connectivity index (χ3v) is 11.8. The summed E-state index contributed by atoms with van der Waals surface area (Å²) < 4.78 is 11.0. The molecule has 0 unspecified atom stereocenters. The minimum absolute atomic E-state index is 0.0349. The van der Waals surface area contributed by atoms with Crippen LogP contribution in [-0.2, 0) is 23.9 Å². The number of fused-ring (bicyclic) bond motifs is 5. The van der Waals surface area contributed by atoms with Crippen LogP contribution in [0.3, 0.4) is 0 Å². The Hall–Kier alpha value is -0.910. The molecule has 0 radical (unpaired) electrons. The molecule has 33 heavy (non-hydrogen) atoms. The molecule has 4 rings (SSSR count). The van der Waals surface area contributed by atoms with E-state index in [2.05, 4.69) is 36.7 Å². The number of methoxy groups -OCH3 is 1. The lowest BCUT2D eigenvalue weighted by atomic mass is 9.43. The Kier molecular flexibility index (Phi) is 7.08. The predicted octanol–water partition coefficient (Wildman–Crippen LogP) is 5.72. The lowest BCUT2D eigenvalue weighted by molar-refractivity contribution is -0.192. The molecule has 0 saturated heterocycles. The third-order valence-electron chi connectivity index (χ3n) is 10.7. The summed E-state index contributed by atoms with van der Waals surface area (Å²) >= 11 is 3.76. The highest BCUT2D eigenvalue weighted by atomic mass is 79.9. The Morgan fingerprint density at radius 3 is 2.48 bits per heavy atom. The minimum Gasteiger partial charge on any atom is -0.469 e. The molecule has 0 aromatic rings. The first-order valence-corrected chi connectivity index (χ1v) is 13.9. The lowest BCUT2D eigenvalue weighted by Crippen LogP contribution is -2.60. The first-order valence-electron chi connectivity index (χ1n) is 12.9. The van der Waals surface area contributed by atoms with E-state index in [1.54, 1.807) is 0 Å². The molecular formula is C27H41BrO5. The summed E-state index contributed by atoms with van der Waals surface area (Å²) in [6.07, 6.45) is 8.23. The first kappa shape index (κ1) is 25.2. The smallest absolute Gasteiger partial charge is 0.305 e. The average Bonchev–Trinajstić information content (AvgIpc) is 3.13. The zero-order valence-corrected chi connectivity index (χ0v) is 22.5. The number of carbonyl (C=O) groups excluding carboxylic acids is 3. The Morgan fingerprint density at radius 2 is 1.82 bits per heavy atom. The standard InChI is InChI=1S/C27H41BrO5/c1-15(6-11-24(31)32-5)18-9-10-19-17-7-8-20-25(28)22(30)12-13-26(20,3)21(17)14-23(27(18,19)4)33-16(2)29/h15,17-21,23,25H,6-14H2,1-5H3/t15-,17-,18+,19-,20+,21-,23-,25+,26+,27-/m1/s1. The number of ether oxygens (including phenoxy) is 2. The molecule has 10 atom stereocenters. The molecule has 0 aromatic heterocycles. The van der Waals surface area contributed by atoms with Gasteiger partial charge in [0.1, 0.15) is 11.9 Å². The number of alkyl halides is 1. The summed E-state index contributed by atoms with van der Waals surface area (Å²) in [6, 6.07) is 0. The highest BCUT2D eigenvalue weighted by molar-refractivity contribution is 9.10. The number of carbonyl (C=O) groups is 3. The molecule has 0 bridgehead atoms. The van der Waals surface area contributed by atoms with Crippen molar-refractivity contribution in [2.24, 2.45) is 46.3 Å². The maximum absolute atomic E-state index is 12.5. The van der Waals surface area contributed by atoms with Crippen LogP contribution < -0.4 is 0 Å². The summed E-state index contributed by atoms with van der Waals surface area (Å²) in [6.45, 7) is 8.58. The summed E-state index contributed by atoms with van der Waals surface area (Å²) in [4.78, 5) is 36.5. The monoisotopic (exact) mass is 524 g/mol. The Balaban J connectivity index is 1.64. The van der Waals surface area contributed by atoms with Crippen molar-refractivity contribution in [1.82, 2.24) is 0 Å². The Labute approximate surface area is 207 Å². The van der Waals surface area contributed by atoms with Crippen LogP contribution in [0.1, 0.15) is 85.5 Å². The highest BCUT2D eigenvalue weighted by Gasteiger charge is 2.65. The molecule has 0 N–H and O–H groups in total. The van der Waals surface area contributed by atoms with Crippen molar-refractivity contribution in [2.45, 2.75) is 96.4 Å². The fourth-order valence-corrected chi connectivity index (χ4v) is 10.1. The number of halogens is 1. The topological polar surface area (TPSA) is 69.7 Å². The Bertz CT molecular complexity index is 797. The number of rotatable bonds is 5. The van der Waals surface area contributed by atoms with E-state index in [0.717, 1.165) is 38.5 Å². The molecule has 6 heteroatoms. The van der Waals surface area contributed by atoms with Crippen LogP contribution in [0.2, 0.25) is 0 Å². The van der Waals surface area contributed by atoms with Crippen LogP contribution in [0.25, 0.3) is 0 Å². The third kappa shape index (κ3) is 4.10. The Morgan fingerprint density at radius 1 is 1.12 bits per heavy atom. The lowest BCUT2D eigenvalue weighted by Gasteiger charge is -2.62. The predicted molar refractivity (Wildman–Crippen MR) is 130 cm³/mol. The normalized spacial score (nSPS) is 45.4. The van der Waals surface area contributed by atoms with E-state index in [1.165, 1.54) is 20.5 Å². The molecule has 5 nitrogen and oxygen atoms in total. The van der Waals surface area contributed by atoms with Gasteiger partial charge in [-0.15, -0.1) is 0 Å². The molecule has 4 aliphatic carbocycles. The van der Waals surface area contributed by atoms with Gasteiger partial charge in [-0.05, 0) is 85.9 Å². The summed E-state index contributed by atoms with van der Waals surface area (Å²) in [7, 11) is 1.45. The summed E-state index contributed by atoms with van der Waals surface area (Å²) in [5, 5.41) is 0. The first-order chi connectivity index (χ1) is 15.5. The van der Waals surface area contributed by atoms with Gasteiger partial charge < -0.3 is 9.47 Å². The second-order valence-corrected chi connectivity index (χ2v) is 12.9. The van der Waals surface area contributed by atoms with Gasteiger partial charge in [-0.25, -0.2) is 0 Å². The summed E-state index contributed by atoms with van der Waals surface area (Å²) in [5.41, 5.74) is 0.0448. The van der Waals surface area contributed by atoms with Gasteiger partial charge in [0.15, 0.2) is 0 Å². The van der Waals surface area contributed by atoms with Crippen molar-refractivity contribution in [1.29, 1.82) is 0 Å². The maximum Gasteiger partial charge on any atom is 0.305 e. The molecule has 4 aliphatic rings. The zero-order valence-electron chi connectivity index (χ0n) is 20.9. The fraction of sp³-hybridized carbons (Fsp3) is 0.889. The van der Waals surface area contributed by atoms with E-state index in [1.807, 2.05) is 0 Å². The number of esters is 2. The van der Waals surface area contributed by atoms with Crippen LogP contribution in [-0.4, -0.2) is 35.8 Å². The molecule has 0 aliphatic heterocycles. The number of hydrogen-bond donors (Lipinski definition) is 0. The SMILES string of the molecule is COC(=O)CC[C@@H](C)[C@@H]1CC[C@@H]2[C@H]3CC[C@H]4[C@H](Br)C(=O)CC[C@]4(C)[C@@H]3C[C@@H](OC(C)=O)[C@@]21C. The van der Waals surface area contributed by atoms with Gasteiger partial charge in [0.05, 0.1) is 11.9 Å². The number of Topliss-reactive ketones (excluding diaryl/α,β-unsaturated/α-hetero) is 1. The number of ketones is 1. The van der Waals surface area contributed by atoms with Crippen LogP contribution >= 0.6 is 15.9 Å². The van der Waals surface area contributed by atoms with Gasteiger partial charge in [0, 0.05) is 25.2 Å². The molecule has 4 saturated carbocycles. The van der Waals surface area contributed by atoms with E-state index in [0.29, 0.717) is 54.1 Å². The molecular weight excluding hydrogens is 484 g/mol. The highest BCUT2D eigenvalue weighted by Crippen LogP contribution is 2.69. The van der Waals surface area contributed by atoms with Crippen molar-refractivity contribution in [3.63, 3.8) is 0 Å². The minimum atomic E-state index is -0.194. The average molecular weight is 526 g/mol. The van der Waals surface area contributed by atoms with E-state index in [9.17, 15) is 14.4 Å². The van der Waals surface area contributed by atoms with Gasteiger partial charge >= 0.3 is 11.9 Å². The second-order valence-electron chi connectivity index (χ2n) is 11.9. The van der Waals surface area contributed by atoms with Crippen LogP contribution in [0.15, 0.2) is 0 Å². The molecule has 0 spiro atoms. The van der Waals surface area contributed by atoms with E-state index in [-0.39, 0.29) is 33.7 Å². The van der Waals surface area contributed by atoms with E-state index >= 15 is 0 Å². The zero-order chi connectivity index (χ0) is 24.1. The van der Waals surface area contributed by atoms with Crippen molar-refractivity contribution in [3.8, 4) is 0 Å². The van der Waals surface area contributed by atoms with Gasteiger partial charge in [-0.1, -0.05) is 36.7 Å². The molecule has 0 aromatic carbocycles. The van der Waals surface area contributed by atoms with Crippen molar-refractivity contribution >= 4 is 33.7 Å². The number of hydrogen-bond acceptors (Lipinski definition) is 5. The van der Waals surface area contributed by atoms with E-state index < -0.39 is 0 Å². The van der Waals surface area contributed by atoms with Gasteiger partial charge in [0.2, 0.25) is 0 Å². The summed E-state index contributed by atoms with van der Waals surface area (Å²) in [5.74, 6) is 2.82. The molecule has 0 heterocycles. The quantitative estimate of drug-likeness (QED) is 0.339. The van der Waals surface area contributed by atoms with E-state index in [4.69, 9.17) is 9.47 Å². The molecule has 0 amide bonds. The second kappa shape index (κ2) is 9.28. The van der Waals surface area contributed by atoms with Crippen molar-refractivity contribution in [2.75, 3.05) is 7.11 Å². The van der Waals surface area contributed by atoms with Gasteiger partial charge in [-0.2, -0.15) is 0 Å². The van der Waals surface area contributed by atoms with Crippen LogP contribution in [0.4, 0.5) is 0 Å². The molecule has 4 fully saturated rings. The maximum atomic E-state index is 12.5. The van der Waals surface area contributed by atoms with Crippen LogP contribution in [0.5, 0.6) is 0 Å². The van der Waals surface area contributed by atoms with Crippen molar-refractivity contribution in [3.05, 3.63) is 0 Å². The van der Waals surface area contributed by atoms with Crippen molar-refractivity contribution < 1.29 is 23.9 Å². The van der Waals surface area contributed by atoms with Gasteiger partial charge in [-0.3, -0.25) is 14.4 Å².